The van der Waals surface area contributed by atoms with Crippen LogP contribution in [0.4, 0.5) is 8.78 Å². The van der Waals surface area contributed by atoms with Gasteiger partial charge in [-0.1, -0.05) is 24.3 Å². The minimum absolute atomic E-state index is 0.523. The molecule has 2 aromatic carbocycles. The van der Waals surface area contributed by atoms with Crippen LogP contribution in [0.25, 0.3) is 0 Å². The van der Waals surface area contributed by atoms with Gasteiger partial charge >= 0.3 is 0 Å². The number of halogens is 2. The van der Waals surface area contributed by atoms with E-state index in [1.165, 1.54) is 24.3 Å². The second kappa shape index (κ2) is 6.95. The fraction of sp³-hybridized carbons (Fsp3) is 0. The Hall–Kier alpha value is -2.54. The van der Waals surface area contributed by atoms with Gasteiger partial charge in [-0.05, 0) is 24.3 Å². The Morgan fingerprint density at radius 1 is 0.864 bits per heavy atom. The van der Waals surface area contributed by atoms with E-state index in [0.717, 1.165) is 24.3 Å². The number of benzene rings is 2. The van der Waals surface area contributed by atoms with Crippen molar-refractivity contribution in [2.45, 2.75) is 9.79 Å². The first-order chi connectivity index (χ1) is 10.5. The van der Waals surface area contributed by atoms with E-state index in [2.05, 4.69) is 9.97 Å². The zero-order valence-corrected chi connectivity index (χ0v) is 12.1. The molecule has 0 atom stereocenters. The van der Waals surface area contributed by atoms with Crippen LogP contribution in [0.3, 0.4) is 0 Å². The van der Waals surface area contributed by atoms with E-state index in [4.69, 9.17) is 0 Å². The number of rotatable bonds is 2. The Balaban J connectivity index is 0.000000299. The monoisotopic (exact) mass is 322 g/mol. The van der Waals surface area contributed by atoms with Gasteiger partial charge in [0.25, 0.3) is 0 Å². The number of aromatic nitrogens is 2. The molecule has 0 saturated carbocycles. The summed E-state index contributed by atoms with van der Waals surface area (Å²) < 4.78 is 50.8. The van der Waals surface area contributed by atoms with Gasteiger partial charge in [0.15, 0.2) is 0 Å². The lowest BCUT2D eigenvalue weighted by Gasteiger charge is -2.06. The Morgan fingerprint density at radius 3 is 1.68 bits per heavy atom. The first-order valence-electron chi connectivity index (χ1n) is 6.20. The van der Waals surface area contributed by atoms with Gasteiger partial charge < -0.3 is 4.98 Å². The maximum atomic E-state index is 13.4. The number of aromatic amines is 1. The summed E-state index contributed by atoms with van der Waals surface area (Å²) in [5.41, 5.74) is 0. The molecular formula is C15H12F2N2O2S. The number of hydrogen-bond donors (Lipinski definition) is 1. The third-order valence-corrected chi connectivity index (χ3v) is 4.48. The minimum Gasteiger partial charge on any atom is -0.351 e. The maximum Gasteiger partial charge on any atom is 0.212 e. The van der Waals surface area contributed by atoms with Crippen molar-refractivity contribution in [3.63, 3.8) is 0 Å². The fourth-order valence-electron chi connectivity index (χ4n) is 1.66. The normalized spacial score (nSPS) is 10.6. The lowest BCUT2D eigenvalue weighted by Crippen LogP contribution is -2.06. The molecule has 0 amide bonds. The van der Waals surface area contributed by atoms with E-state index in [1.54, 1.807) is 18.7 Å². The molecule has 0 spiro atoms. The predicted octanol–water partition coefficient (Wildman–Crippen LogP) is 3.21. The number of imidazole rings is 1. The molecule has 1 aromatic heterocycles. The highest BCUT2D eigenvalue weighted by molar-refractivity contribution is 7.91. The first-order valence-corrected chi connectivity index (χ1v) is 7.68. The maximum absolute atomic E-state index is 13.4. The third kappa shape index (κ3) is 3.56. The Bertz CT molecular complexity index is 766. The van der Waals surface area contributed by atoms with E-state index in [1.807, 2.05) is 0 Å². The molecule has 7 heteroatoms. The number of nitrogens with zero attached hydrogens (tertiary/aromatic N) is 1. The molecule has 4 nitrogen and oxygen atoms in total. The summed E-state index contributed by atoms with van der Waals surface area (Å²) in [5, 5.41) is 0. The molecule has 0 bridgehead atoms. The van der Waals surface area contributed by atoms with Gasteiger partial charge in [-0.3, -0.25) is 0 Å². The van der Waals surface area contributed by atoms with E-state index in [9.17, 15) is 17.2 Å². The fourth-order valence-corrected chi connectivity index (χ4v) is 3.06. The second-order valence-electron chi connectivity index (χ2n) is 4.12. The standard InChI is InChI=1S/C12H8F2O2S.C3H4N2/c13-9-5-1-3-7-11(9)17(15,16)12-8-4-2-6-10(12)14;1-2-5-3-4-1/h1-8H;1-3H,(H,4,5). The molecule has 0 radical (unpaired) electrons. The molecule has 1 heterocycles. The summed E-state index contributed by atoms with van der Waals surface area (Å²) in [7, 11) is -4.15. The van der Waals surface area contributed by atoms with Crippen LogP contribution in [-0.2, 0) is 9.84 Å². The van der Waals surface area contributed by atoms with Crippen LogP contribution in [0.1, 0.15) is 0 Å². The summed E-state index contributed by atoms with van der Waals surface area (Å²) >= 11 is 0. The van der Waals surface area contributed by atoms with Crippen molar-refractivity contribution in [3.05, 3.63) is 78.9 Å². The van der Waals surface area contributed by atoms with Crippen LogP contribution < -0.4 is 0 Å². The molecule has 0 aliphatic rings. The van der Waals surface area contributed by atoms with Crippen molar-refractivity contribution < 1.29 is 17.2 Å². The molecule has 3 aromatic rings. The third-order valence-electron chi connectivity index (χ3n) is 2.66. The highest BCUT2D eigenvalue weighted by Crippen LogP contribution is 2.24. The van der Waals surface area contributed by atoms with Crippen molar-refractivity contribution in [1.82, 2.24) is 9.97 Å². The van der Waals surface area contributed by atoms with Gasteiger partial charge in [0.1, 0.15) is 21.4 Å². The van der Waals surface area contributed by atoms with Crippen LogP contribution in [0.5, 0.6) is 0 Å². The van der Waals surface area contributed by atoms with Crippen molar-refractivity contribution >= 4 is 9.84 Å². The minimum atomic E-state index is -4.15. The molecule has 3 rings (SSSR count). The average molecular weight is 322 g/mol. The molecule has 1 N–H and O–H groups in total. The highest BCUT2D eigenvalue weighted by Gasteiger charge is 2.24. The number of H-pyrrole nitrogens is 1. The van der Waals surface area contributed by atoms with Crippen LogP contribution in [0.2, 0.25) is 0 Å². The summed E-state index contributed by atoms with van der Waals surface area (Å²) in [6.45, 7) is 0. The summed E-state index contributed by atoms with van der Waals surface area (Å²) in [6.07, 6.45) is 5.08. The Kier molecular flexibility index (Phi) is 5.00. The first kappa shape index (κ1) is 15.8. The predicted molar refractivity (Wildman–Crippen MR) is 76.8 cm³/mol. The highest BCUT2D eigenvalue weighted by atomic mass is 32.2. The second-order valence-corrected chi connectivity index (χ2v) is 6.01. The number of nitrogens with one attached hydrogen (secondary N) is 1. The summed E-state index contributed by atoms with van der Waals surface area (Å²) in [4.78, 5) is 5.37. The van der Waals surface area contributed by atoms with E-state index in [-0.39, 0.29) is 0 Å². The quantitative estimate of drug-likeness (QED) is 0.788. The molecule has 0 aliphatic heterocycles. The zero-order chi connectivity index (χ0) is 16.0. The van der Waals surface area contributed by atoms with Crippen LogP contribution in [-0.4, -0.2) is 18.4 Å². The van der Waals surface area contributed by atoms with Crippen molar-refractivity contribution in [1.29, 1.82) is 0 Å². The smallest absolute Gasteiger partial charge is 0.212 e. The average Bonchev–Trinajstić information content (AvgIpc) is 3.07. The van der Waals surface area contributed by atoms with Gasteiger partial charge in [-0.25, -0.2) is 22.2 Å². The molecule has 22 heavy (non-hydrogen) atoms. The summed E-state index contributed by atoms with van der Waals surface area (Å²) in [6, 6.07) is 9.77. The van der Waals surface area contributed by atoms with Crippen LogP contribution in [0.15, 0.2) is 77.0 Å². The molecule has 0 fully saturated rings. The largest absolute Gasteiger partial charge is 0.351 e. The topological polar surface area (TPSA) is 62.8 Å². The van der Waals surface area contributed by atoms with Crippen LogP contribution in [0, 0.1) is 11.6 Å². The van der Waals surface area contributed by atoms with Crippen molar-refractivity contribution in [2.24, 2.45) is 0 Å². The lowest BCUT2D eigenvalue weighted by molar-refractivity contribution is 0.552. The molecule has 114 valence electrons. The number of hydrogen-bond acceptors (Lipinski definition) is 3. The molecule has 0 unspecified atom stereocenters. The van der Waals surface area contributed by atoms with Gasteiger partial charge in [-0.15, -0.1) is 0 Å². The SMILES string of the molecule is O=S(=O)(c1ccccc1F)c1ccccc1F.c1c[nH]cn1. The Morgan fingerprint density at radius 2 is 1.36 bits per heavy atom. The van der Waals surface area contributed by atoms with E-state index >= 15 is 0 Å². The Labute approximate surface area is 126 Å². The zero-order valence-electron chi connectivity index (χ0n) is 11.3. The van der Waals surface area contributed by atoms with Crippen molar-refractivity contribution in [3.8, 4) is 0 Å². The van der Waals surface area contributed by atoms with Crippen LogP contribution >= 0.6 is 0 Å². The lowest BCUT2D eigenvalue weighted by atomic mass is 10.3. The molecule has 0 aliphatic carbocycles. The van der Waals surface area contributed by atoms with Gasteiger partial charge in [-0.2, -0.15) is 0 Å². The number of sulfone groups is 1. The summed E-state index contributed by atoms with van der Waals surface area (Å²) in [5.74, 6) is -1.79. The molecular weight excluding hydrogens is 310 g/mol. The van der Waals surface area contributed by atoms with Gasteiger partial charge in [0.05, 0.1) is 6.33 Å². The van der Waals surface area contributed by atoms with E-state index < -0.39 is 31.3 Å². The van der Waals surface area contributed by atoms with E-state index in [0.29, 0.717) is 0 Å². The van der Waals surface area contributed by atoms with Gasteiger partial charge in [0.2, 0.25) is 9.84 Å². The van der Waals surface area contributed by atoms with Gasteiger partial charge in [0, 0.05) is 12.4 Å². The molecule has 0 saturated heterocycles. The van der Waals surface area contributed by atoms with Crippen molar-refractivity contribution in [2.75, 3.05) is 0 Å².